The molecular weight excluding hydrogens is 318 g/mol. The summed E-state index contributed by atoms with van der Waals surface area (Å²) in [5, 5.41) is 2.87. The number of carbonyl (C=O) groups is 1. The maximum Gasteiger partial charge on any atom is 0.234 e. The Balaban J connectivity index is 1.75. The molecule has 0 unspecified atom stereocenters. The van der Waals surface area contributed by atoms with Gasteiger partial charge in [-0.05, 0) is 17.7 Å². The van der Waals surface area contributed by atoms with E-state index in [9.17, 15) is 13.2 Å². The van der Waals surface area contributed by atoms with Gasteiger partial charge in [0.05, 0.1) is 19.9 Å². The number of amides is 1. The fraction of sp³-hybridized carbons (Fsp3) is 0.533. The number of nitrogens with one attached hydrogen (secondary N) is 1. The second kappa shape index (κ2) is 7.76. The molecule has 1 saturated heterocycles. The van der Waals surface area contributed by atoms with Crippen molar-refractivity contribution in [2.24, 2.45) is 0 Å². The number of carbonyl (C=O) groups excluding carboxylic acids is 1. The molecular formula is C15H23N3O4S. The highest BCUT2D eigenvalue weighted by Crippen LogP contribution is 2.12. The second-order valence-corrected chi connectivity index (χ2v) is 7.55. The maximum atomic E-state index is 12.0. The number of sulfonamides is 1. The summed E-state index contributed by atoms with van der Waals surface area (Å²) in [4.78, 5) is 14.0. The van der Waals surface area contributed by atoms with Crippen LogP contribution in [0.25, 0.3) is 0 Å². The first-order chi connectivity index (χ1) is 10.9. The van der Waals surface area contributed by atoms with E-state index in [1.165, 1.54) is 10.6 Å². The number of rotatable bonds is 6. The molecule has 23 heavy (non-hydrogen) atoms. The number of methoxy groups -OCH3 is 1. The van der Waals surface area contributed by atoms with Gasteiger partial charge in [0.25, 0.3) is 0 Å². The largest absolute Gasteiger partial charge is 0.497 e. The Kier molecular flexibility index (Phi) is 5.97. The first kappa shape index (κ1) is 17.7. The van der Waals surface area contributed by atoms with E-state index in [2.05, 4.69) is 5.32 Å². The topological polar surface area (TPSA) is 79.0 Å². The zero-order valence-electron chi connectivity index (χ0n) is 13.5. The minimum atomic E-state index is -3.14. The van der Waals surface area contributed by atoms with E-state index in [0.29, 0.717) is 32.7 Å². The molecule has 1 heterocycles. The SMILES string of the molecule is COc1cccc(CNC(=O)CN2CCN(S(C)(=O)=O)CC2)c1. The smallest absolute Gasteiger partial charge is 0.234 e. The van der Waals surface area contributed by atoms with Crippen molar-refractivity contribution >= 4 is 15.9 Å². The molecule has 1 aliphatic heterocycles. The van der Waals surface area contributed by atoms with Gasteiger partial charge in [-0.2, -0.15) is 4.31 Å². The van der Waals surface area contributed by atoms with Crippen LogP contribution in [-0.4, -0.2) is 69.6 Å². The van der Waals surface area contributed by atoms with Crippen molar-refractivity contribution < 1.29 is 17.9 Å². The highest BCUT2D eigenvalue weighted by atomic mass is 32.2. The van der Waals surface area contributed by atoms with Gasteiger partial charge in [-0.3, -0.25) is 9.69 Å². The molecule has 8 heteroatoms. The average molecular weight is 341 g/mol. The number of hydrogen-bond donors (Lipinski definition) is 1. The van der Waals surface area contributed by atoms with E-state index in [1.807, 2.05) is 29.2 Å². The van der Waals surface area contributed by atoms with Crippen LogP contribution < -0.4 is 10.1 Å². The van der Waals surface area contributed by atoms with Gasteiger partial charge < -0.3 is 10.1 Å². The summed E-state index contributed by atoms with van der Waals surface area (Å²) in [7, 11) is -1.53. The van der Waals surface area contributed by atoms with Gasteiger partial charge in [0.15, 0.2) is 0 Å². The van der Waals surface area contributed by atoms with E-state index >= 15 is 0 Å². The summed E-state index contributed by atoms with van der Waals surface area (Å²) < 4.78 is 29.5. The van der Waals surface area contributed by atoms with Crippen molar-refractivity contribution in [3.8, 4) is 5.75 Å². The number of benzene rings is 1. The molecule has 0 spiro atoms. The van der Waals surface area contributed by atoms with E-state index in [1.54, 1.807) is 7.11 Å². The molecule has 0 bridgehead atoms. The molecule has 0 atom stereocenters. The van der Waals surface area contributed by atoms with Crippen LogP contribution in [0.15, 0.2) is 24.3 Å². The number of ether oxygens (including phenoxy) is 1. The van der Waals surface area contributed by atoms with Crippen molar-refractivity contribution in [2.45, 2.75) is 6.54 Å². The lowest BCUT2D eigenvalue weighted by atomic mass is 10.2. The van der Waals surface area contributed by atoms with Gasteiger partial charge in [0, 0.05) is 32.7 Å². The monoisotopic (exact) mass is 341 g/mol. The molecule has 0 saturated carbocycles. The fourth-order valence-electron chi connectivity index (χ4n) is 2.46. The average Bonchev–Trinajstić information content (AvgIpc) is 2.53. The van der Waals surface area contributed by atoms with Crippen molar-refractivity contribution in [1.29, 1.82) is 0 Å². The van der Waals surface area contributed by atoms with Gasteiger partial charge in [-0.25, -0.2) is 8.42 Å². The van der Waals surface area contributed by atoms with Crippen LogP contribution in [0.4, 0.5) is 0 Å². The van der Waals surface area contributed by atoms with Crippen LogP contribution in [0, 0.1) is 0 Å². The van der Waals surface area contributed by atoms with E-state index < -0.39 is 10.0 Å². The van der Waals surface area contributed by atoms with Crippen LogP contribution >= 0.6 is 0 Å². The Labute approximate surface area is 137 Å². The standard InChI is InChI=1S/C15H23N3O4S/c1-22-14-5-3-4-13(10-14)11-16-15(19)12-17-6-8-18(9-7-17)23(2,20)21/h3-5,10H,6-9,11-12H2,1-2H3,(H,16,19). The van der Waals surface area contributed by atoms with Crippen molar-refractivity contribution in [3.63, 3.8) is 0 Å². The second-order valence-electron chi connectivity index (χ2n) is 5.57. The lowest BCUT2D eigenvalue weighted by Crippen LogP contribution is -2.50. The van der Waals surface area contributed by atoms with Crippen molar-refractivity contribution in [2.75, 3.05) is 46.1 Å². The Bertz CT molecular complexity index is 640. The molecule has 7 nitrogen and oxygen atoms in total. The van der Waals surface area contributed by atoms with Gasteiger partial charge >= 0.3 is 0 Å². The fourth-order valence-corrected chi connectivity index (χ4v) is 3.29. The predicted molar refractivity (Wildman–Crippen MR) is 87.7 cm³/mol. The lowest BCUT2D eigenvalue weighted by molar-refractivity contribution is -0.122. The summed E-state index contributed by atoms with van der Waals surface area (Å²) in [6.45, 7) is 2.73. The maximum absolute atomic E-state index is 12.0. The summed E-state index contributed by atoms with van der Waals surface area (Å²) in [5.41, 5.74) is 0.972. The molecule has 1 N–H and O–H groups in total. The number of piperazine rings is 1. The Morgan fingerprint density at radius 2 is 1.96 bits per heavy atom. The zero-order chi connectivity index (χ0) is 16.9. The molecule has 128 valence electrons. The lowest BCUT2D eigenvalue weighted by Gasteiger charge is -2.32. The van der Waals surface area contributed by atoms with Crippen LogP contribution in [0.2, 0.25) is 0 Å². The minimum absolute atomic E-state index is 0.0689. The number of nitrogens with zero attached hydrogens (tertiary/aromatic N) is 2. The molecule has 1 fully saturated rings. The third kappa shape index (κ3) is 5.49. The van der Waals surface area contributed by atoms with Gasteiger partial charge in [0.2, 0.25) is 15.9 Å². The molecule has 0 radical (unpaired) electrons. The van der Waals surface area contributed by atoms with Crippen LogP contribution in [-0.2, 0) is 21.4 Å². The van der Waals surface area contributed by atoms with Gasteiger partial charge in [0.1, 0.15) is 5.75 Å². The normalized spacial score (nSPS) is 17.0. The highest BCUT2D eigenvalue weighted by molar-refractivity contribution is 7.88. The quantitative estimate of drug-likeness (QED) is 0.781. The molecule has 1 amide bonds. The third-order valence-electron chi connectivity index (χ3n) is 3.79. The van der Waals surface area contributed by atoms with Gasteiger partial charge in [-0.15, -0.1) is 0 Å². The Morgan fingerprint density at radius 3 is 2.57 bits per heavy atom. The van der Waals surface area contributed by atoms with E-state index in [0.717, 1.165) is 11.3 Å². The van der Waals surface area contributed by atoms with Crippen LogP contribution in [0.5, 0.6) is 5.75 Å². The highest BCUT2D eigenvalue weighted by Gasteiger charge is 2.24. The number of hydrogen-bond acceptors (Lipinski definition) is 5. The molecule has 2 rings (SSSR count). The first-order valence-corrected chi connectivity index (χ1v) is 9.30. The van der Waals surface area contributed by atoms with E-state index in [-0.39, 0.29) is 12.5 Å². The minimum Gasteiger partial charge on any atom is -0.497 e. The zero-order valence-corrected chi connectivity index (χ0v) is 14.3. The van der Waals surface area contributed by atoms with Crippen molar-refractivity contribution in [3.05, 3.63) is 29.8 Å². The van der Waals surface area contributed by atoms with E-state index in [4.69, 9.17) is 4.74 Å². The van der Waals surface area contributed by atoms with Crippen LogP contribution in [0.1, 0.15) is 5.56 Å². The summed E-state index contributed by atoms with van der Waals surface area (Å²) in [5.74, 6) is 0.689. The van der Waals surface area contributed by atoms with Crippen LogP contribution in [0.3, 0.4) is 0 Å². The molecule has 0 aromatic heterocycles. The third-order valence-corrected chi connectivity index (χ3v) is 5.09. The molecule has 1 aromatic carbocycles. The summed E-state index contributed by atoms with van der Waals surface area (Å²) >= 11 is 0. The van der Waals surface area contributed by atoms with Gasteiger partial charge in [-0.1, -0.05) is 12.1 Å². The summed E-state index contributed by atoms with van der Waals surface area (Å²) in [6, 6.07) is 7.54. The predicted octanol–water partition coefficient (Wildman–Crippen LogP) is -0.111. The Hall–Kier alpha value is -1.64. The molecule has 0 aliphatic carbocycles. The Morgan fingerprint density at radius 1 is 1.26 bits per heavy atom. The van der Waals surface area contributed by atoms with Crippen molar-refractivity contribution in [1.82, 2.24) is 14.5 Å². The molecule has 1 aliphatic rings. The summed E-state index contributed by atoms with van der Waals surface area (Å²) in [6.07, 6.45) is 1.21. The first-order valence-electron chi connectivity index (χ1n) is 7.45. The molecule has 1 aromatic rings.